The lowest BCUT2D eigenvalue weighted by Crippen LogP contribution is -2.20. The maximum atomic E-state index is 10.7. The molecule has 0 aliphatic heterocycles. The first-order valence-corrected chi connectivity index (χ1v) is 5.41. The van der Waals surface area contributed by atoms with E-state index in [1.54, 1.807) is 6.92 Å². The smallest absolute Gasteiger partial charge is 0.345 e. The molecular weight excluding hydrogens is 232 g/mol. The minimum absolute atomic E-state index is 0.310. The van der Waals surface area contributed by atoms with Gasteiger partial charge in [-0.3, -0.25) is 0 Å². The zero-order valence-corrected chi connectivity index (χ0v) is 8.65. The second-order valence-electron chi connectivity index (χ2n) is 1.66. The molecule has 0 aromatic carbocycles. The zero-order valence-electron chi connectivity index (χ0n) is 6.25. The molecule has 1 atom stereocenters. The minimum Gasteiger partial charge on any atom is -0.463 e. The fourth-order valence-corrected chi connectivity index (χ4v) is 1.51. The van der Waals surface area contributed by atoms with Crippen LogP contribution < -0.4 is 0 Å². The molecule has 0 fully saturated rings. The summed E-state index contributed by atoms with van der Waals surface area (Å²) in [6.07, 6.45) is 0. The first-order chi connectivity index (χ1) is 5.22. The van der Waals surface area contributed by atoms with Crippen molar-refractivity contribution in [3.05, 3.63) is 0 Å². The molecule has 11 heavy (non-hydrogen) atoms. The number of thioether (sulfide) groups is 1. The molecule has 0 heterocycles. The van der Waals surface area contributed by atoms with E-state index in [0.29, 0.717) is 12.4 Å². The van der Waals surface area contributed by atoms with Gasteiger partial charge in [0.25, 0.3) is 0 Å². The monoisotopic (exact) mass is 242 g/mol. The maximum Gasteiger partial charge on any atom is 0.345 e. The summed E-state index contributed by atoms with van der Waals surface area (Å²) in [5.74, 6) is 0.137. The maximum absolute atomic E-state index is 10.7. The van der Waals surface area contributed by atoms with E-state index in [1.165, 1.54) is 0 Å². The van der Waals surface area contributed by atoms with Gasteiger partial charge < -0.3 is 9.84 Å². The van der Waals surface area contributed by atoms with E-state index in [0.717, 1.165) is 17.1 Å². The number of halogens is 1. The van der Waals surface area contributed by atoms with Gasteiger partial charge in [0.15, 0.2) is 5.44 Å². The molecule has 0 spiro atoms. The fourth-order valence-electron chi connectivity index (χ4n) is 0.438. The number of esters is 1. The summed E-state index contributed by atoms with van der Waals surface area (Å²) in [6.45, 7) is 2.02. The average molecular weight is 243 g/mol. The van der Waals surface area contributed by atoms with E-state index < -0.39 is 11.4 Å². The van der Waals surface area contributed by atoms with Gasteiger partial charge in [0.2, 0.25) is 0 Å². The van der Waals surface area contributed by atoms with E-state index in [-0.39, 0.29) is 0 Å². The molecule has 0 amide bonds. The van der Waals surface area contributed by atoms with E-state index in [9.17, 15) is 4.79 Å². The van der Waals surface area contributed by atoms with Gasteiger partial charge in [0, 0.05) is 11.1 Å². The molecule has 0 saturated heterocycles. The molecule has 0 aliphatic rings. The highest BCUT2D eigenvalue weighted by Crippen LogP contribution is 2.09. The molecule has 0 radical (unpaired) electrons. The van der Waals surface area contributed by atoms with Crippen LogP contribution in [0.25, 0.3) is 0 Å². The lowest BCUT2D eigenvalue weighted by atomic mass is 10.7. The molecule has 1 N–H and O–H groups in total. The second kappa shape index (κ2) is 6.94. The number of aliphatic hydroxyl groups is 1. The topological polar surface area (TPSA) is 46.5 Å². The summed E-state index contributed by atoms with van der Waals surface area (Å²) >= 11 is 4.34. The van der Waals surface area contributed by atoms with Crippen LogP contribution in [0.5, 0.6) is 0 Å². The Balaban J connectivity index is 3.46. The van der Waals surface area contributed by atoms with Crippen molar-refractivity contribution in [3.8, 4) is 0 Å². The molecule has 0 aromatic rings. The first kappa shape index (κ1) is 11.3. The third-order valence-electron chi connectivity index (χ3n) is 0.841. The Morgan fingerprint density at radius 3 is 2.91 bits per heavy atom. The van der Waals surface area contributed by atoms with Crippen molar-refractivity contribution in [2.24, 2.45) is 0 Å². The third-order valence-corrected chi connectivity index (χ3v) is 2.71. The quantitative estimate of drug-likeness (QED) is 0.444. The molecular formula is C6H11BrO3S. The highest BCUT2D eigenvalue weighted by Gasteiger charge is 2.15. The molecule has 0 bridgehead atoms. The summed E-state index contributed by atoms with van der Waals surface area (Å²) in [4.78, 5) is 10.7. The first-order valence-electron chi connectivity index (χ1n) is 3.24. The Kier molecular flexibility index (Phi) is 7.10. The summed E-state index contributed by atoms with van der Waals surface area (Å²) in [5, 5.41) is 9.81. The Hall–Kier alpha value is 0.260. The minimum atomic E-state index is -1.03. The number of carbonyl (C=O) groups is 1. The highest BCUT2D eigenvalue weighted by atomic mass is 79.9. The summed E-state index contributed by atoms with van der Waals surface area (Å²) < 4.78 is 4.58. The predicted octanol–water partition coefficient (Wildman–Crippen LogP) is 0.996. The number of hydrogen-bond donors (Lipinski definition) is 1. The Morgan fingerprint density at radius 2 is 2.45 bits per heavy atom. The van der Waals surface area contributed by atoms with Gasteiger partial charge in [-0.15, -0.1) is 11.8 Å². The highest BCUT2D eigenvalue weighted by molar-refractivity contribution is 9.09. The molecule has 66 valence electrons. The SMILES string of the molecule is CCOC(=O)C(O)SCCBr. The van der Waals surface area contributed by atoms with Crippen molar-refractivity contribution in [2.75, 3.05) is 17.7 Å². The van der Waals surface area contributed by atoms with Crippen molar-refractivity contribution in [1.82, 2.24) is 0 Å². The van der Waals surface area contributed by atoms with Gasteiger partial charge in [-0.25, -0.2) is 4.79 Å². The molecule has 0 aromatic heterocycles. The van der Waals surface area contributed by atoms with Crippen LogP contribution in [-0.4, -0.2) is 34.2 Å². The van der Waals surface area contributed by atoms with E-state index in [1.807, 2.05) is 0 Å². The van der Waals surface area contributed by atoms with Gasteiger partial charge in [-0.1, -0.05) is 15.9 Å². The predicted molar refractivity (Wildman–Crippen MR) is 48.9 cm³/mol. The van der Waals surface area contributed by atoms with Gasteiger partial charge in [0.05, 0.1) is 6.61 Å². The molecule has 3 nitrogen and oxygen atoms in total. The lowest BCUT2D eigenvalue weighted by molar-refractivity contribution is -0.148. The van der Waals surface area contributed by atoms with Gasteiger partial charge >= 0.3 is 5.97 Å². The van der Waals surface area contributed by atoms with Crippen LogP contribution in [-0.2, 0) is 9.53 Å². The molecule has 0 saturated carbocycles. The van der Waals surface area contributed by atoms with E-state index >= 15 is 0 Å². The summed E-state index contributed by atoms with van der Waals surface area (Å²) in [6, 6.07) is 0. The number of hydrogen-bond acceptors (Lipinski definition) is 4. The summed E-state index contributed by atoms with van der Waals surface area (Å²) in [7, 11) is 0. The van der Waals surface area contributed by atoms with Crippen molar-refractivity contribution >= 4 is 33.7 Å². The van der Waals surface area contributed by atoms with E-state index in [4.69, 9.17) is 5.11 Å². The van der Waals surface area contributed by atoms with Gasteiger partial charge in [-0.05, 0) is 6.92 Å². The molecule has 5 heteroatoms. The van der Waals surface area contributed by atoms with Crippen LogP contribution in [0.2, 0.25) is 0 Å². The van der Waals surface area contributed by atoms with Crippen molar-refractivity contribution in [1.29, 1.82) is 0 Å². The average Bonchev–Trinajstić information content (AvgIpc) is 2.00. The number of ether oxygens (including phenoxy) is 1. The Labute approximate surface area is 78.6 Å². The Morgan fingerprint density at radius 1 is 1.82 bits per heavy atom. The van der Waals surface area contributed by atoms with Crippen LogP contribution in [0.3, 0.4) is 0 Å². The van der Waals surface area contributed by atoms with Gasteiger partial charge in [-0.2, -0.15) is 0 Å². The molecule has 1 unspecified atom stereocenters. The summed E-state index contributed by atoms with van der Waals surface area (Å²) in [5.41, 5.74) is -1.03. The number of carbonyl (C=O) groups excluding carboxylic acids is 1. The van der Waals surface area contributed by atoms with Crippen molar-refractivity contribution in [3.63, 3.8) is 0 Å². The zero-order chi connectivity index (χ0) is 8.69. The number of aliphatic hydroxyl groups excluding tert-OH is 1. The number of alkyl halides is 1. The van der Waals surface area contributed by atoms with Crippen LogP contribution in [0.4, 0.5) is 0 Å². The number of rotatable bonds is 5. The Bertz CT molecular complexity index is 120. The fraction of sp³-hybridized carbons (Fsp3) is 0.833. The van der Waals surface area contributed by atoms with Crippen molar-refractivity contribution < 1.29 is 14.6 Å². The normalized spacial score (nSPS) is 12.6. The van der Waals surface area contributed by atoms with Crippen molar-refractivity contribution in [2.45, 2.75) is 12.4 Å². The van der Waals surface area contributed by atoms with Crippen LogP contribution in [0.1, 0.15) is 6.92 Å². The lowest BCUT2D eigenvalue weighted by Gasteiger charge is -2.07. The van der Waals surface area contributed by atoms with Crippen LogP contribution in [0, 0.1) is 0 Å². The molecule has 0 aliphatic carbocycles. The van der Waals surface area contributed by atoms with Crippen LogP contribution in [0.15, 0.2) is 0 Å². The third kappa shape index (κ3) is 5.52. The molecule has 0 rings (SSSR count). The van der Waals surface area contributed by atoms with Crippen LogP contribution >= 0.6 is 27.7 Å². The van der Waals surface area contributed by atoms with E-state index in [2.05, 4.69) is 20.7 Å². The standard InChI is InChI=1S/C6H11BrO3S/c1-2-10-5(8)6(9)11-4-3-7/h6,9H,2-4H2,1H3. The largest absolute Gasteiger partial charge is 0.463 e. The second-order valence-corrected chi connectivity index (χ2v) is 3.65. The van der Waals surface area contributed by atoms with Gasteiger partial charge in [0.1, 0.15) is 0 Å².